The van der Waals surface area contributed by atoms with Gasteiger partial charge >= 0.3 is 0 Å². The highest BCUT2D eigenvalue weighted by atomic mass is 35.5. The number of halogens is 2. The van der Waals surface area contributed by atoms with Gasteiger partial charge in [-0.1, -0.05) is 46.5 Å². The van der Waals surface area contributed by atoms with Crippen LogP contribution in [0.25, 0.3) is 10.4 Å². The highest BCUT2D eigenvalue weighted by molar-refractivity contribution is 6.35. The van der Waals surface area contributed by atoms with E-state index in [9.17, 15) is 4.79 Å². The zero-order valence-corrected chi connectivity index (χ0v) is 13.0. The van der Waals surface area contributed by atoms with Crippen molar-refractivity contribution in [2.24, 2.45) is 5.11 Å². The number of hydrogen-bond donors (Lipinski definition) is 1. The molecule has 0 aliphatic heterocycles. The summed E-state index contributed by atoms with van der Waals surface area (Å²) in [5.74, 6) is -0.197. The molecule has 0 aromatic heterocycles. The second-order valence-corrected chi connectivity index (χ2v) is 5.32. The molecule has 2 aromatic rings. The Balaban J connectivity index is 1.91. The Bertz CT molecular complexity index is 725. The maximum atomic E-state index is 12.0. The zero-order chi connectivity index (χ0) is 15.9. The Labute approximate surface area is 137 Å². The van der Waals surface area contributed by atoms with Crippen molar-refractivity contribution in [1.29, 1.82) is 0 Å². The number of azide groups is 1. The van der Waals surface area contributed by atoms with Crippen LogP contribution in [0.1, 0.15) is 15.9 Å². The first kappa shape index (κ1) is 16.2. The Morgan fingerprint density at radius 1 is 1.18 bits per heavy atom. The fourth-order valence-corrected chi connectivity index (χ4v) is 2.37. The number of benzene rings is 2. The molecule has 1 amide bonds. The van der Waals surface area contributed by atoms with E-state index in [0.717, 1.165) is 5.56 Å². The summed E-state index contributed by atoms with van der Waals surface area (Å²) in [6.07, 6.45) is 0.610. The summed E-state index contributed by atoms with van der Waals surface area (Å²) in [5.41, 5.74) is 10.2. The maximum Gasteiger partial charge on any atom is 0.251 e. The molecule has 5 nitrogen and oxygen atoms in total. The molecule has 0 unspecified atom stereocenters. The van der Waals surface area contributed by atoms with Crippen molar-refractivity contribution in [2.75, 3.05) is 6.54 Å². The topological polar surface area (TPSA) is 77.9 Å². The van der Waals surface area contributed by atoms with Gasteiger partial charge in [-0.15, -0.1) is 0 Å². The highest BCUT2D eigenvalue weighted by Gasteiger charge is 2.06. The minimum absolute atomic E-state index is 0.197. The summed E-state index contributed by atoms with van der Waals surface area (Å²) in [6.45, 7) is 0.457. The van der Waals surface area contributed by atoms with Crippen LogP contribution in [0, 0.1) is 0 Å². The van der Waals surface area contributed by atoms with E-state index in [4.69, 9.17) is 28.7 Å². The quantitative estimate of drug-likeness (QED) is 0.470. The normalized spacial score (nSPS) is 9.91. The Morgan fingerprint density at radius 2 is 1.91 bits per heavy atom. The third kappa shape index (κ3) is 4.40. The molecule has 2 aromatic carbocycles. The standard InChI is InChI=1S/C15H12Cl2N4O/c16-12-4-1-10(14(17)9-12)7-8-19-15(22)11-2-5-13(6-3-11)20-21-18/h1-6,9H,7-8H2,(H,19,22). The SMILES string of the molecule is [N-]=[N+]=Nc1ccc(C(=O)NCCc2ccc(Cl)cc2Cl)cc1. The minimum atomic E-state index is -0.197. The lowest BCUT2D eigenvalue weighted by Gasteiger charge is -2.07. The van der Waals surface area contributed by atoms with Gasteiger partial charge in [0.15, 0.2) is 0 Å². The zero-order valence-electron chi connectivity index (χ0n) is 11.5. The molecule has 7 heteroatoms. The van der Waals surface area contributed by atoms with E-state index >= 15 is 0 Å². The monoisotopic (exact) mass is 334 g/mol. The average Bonchev–Trinajstić information content (AvgIpc) is 2.50. The number of amides is 1. The molecule has 0 aliphatic carbocycles. The van der Waals surface area contributed by atoms with Crippen molar-refractivity contribution >= 4 is 34.8 Å². The lowest BCUT2D eigenvalue weighted by Crippen LogP contribution is -2.25. The van der Waals surface area contributed by atoms with Gasteiger partial charge < -0.3 is 5.32 Å². The van der Waals surface area contributed by atoms with Crippen LogP contribution >= 0.6 is 23.2 Å². The largest absolute Gasteiger partial charge is 0.352 e. The van der Waals surface area contributed by atoms with Gasteiger partial charge in [0, 0.05) is 32.8 Å². The fourth-order valence-electron chi connectivity index (χ4n) is 1.87. The number of carbonyl (C=O) groups excluding carboxylic acids is 1. The van der Waals surface area contributed by atoms with E-state index in [0.29, 0.717) is 34.3 Å². The Hall–Kier alpha value is -2.20. The van der Waals surface area contributed by atoms with E-state index in [1.165, 1.54) is 0 Å². The van der Waals surface area contributed by atoms with E-state index < -0.39 is 0 Å². The van der Waals surface area contributed by atoms with Crippen molar-refractivity contribution in [3.8, 4) is 0 Å². The van der Waals surface area contributed by atoms with Crippen LogP contribution in [0.5, 0.6) is 0 Å². The molecule has 0 atom stereocenters. The Morgan fingerprint density at radius 3 is 2.55 bits per heavy atom. The molecule has 2 rings (SSSR count). The van der Waals surface area contributed by atoms with Gasteiger partial charge in [-0.05, 0) is 41.8 Å². The number of nitrogens with zero attached hydrogens (tertiary/aromatic N) is 3. The van der Waals surface area contributed by atoms with Gasteiger partial charge in [0.1, 0.15) is 0 Å². The second kappa shape index (κ2) is 7.71. The third-order valence-electron chi connectivity index (χ3n) is 2.98. The smallest absolute Gasteiger partial charge is 0.251 e. The lowest BCUT2D eigenvalue weighted by atomic mass is 10.1. The molecule has 0 radical (unpaired) electrons. The van der Waals surface area contributed by atoms with Crippen LogP contribution in [0.4, 0.5) is 5.69 Å². The van der Waals surface area contributed by atoms with Crippen LogP contribution in [0.2, 0.25) is 10.0 Å². The first-order chi connectivity index (χ1) is 10.6. The molecule has 22 heavy (non-hydrogen) atoms. The van der Waals surface area contributed by atoms with Gasteiger partial charge in [0.25, 0.3) is 5.91 Å². The van der Waals surface area contributed by atoms with Gasteiger partial charge in [0.05, 0.1) is 0 Å². The van der Waals surface area contributed by atoms with Crippen LogP contribution in [0.3, 0.4) is 0 Å². The van der Waals surface area contributed by atoms with Crippen LogP contribution in [0.15, 0.2) is 47.6 Å². The summed E-state index contributed by atoms with van der Waals surface area (Å²) in [4.78, 5) is 14.7. The molecule has 0 fully saturated rings. The first-order valence-corrected chi connectivity index (χ1v) is 7.23. The van der Waals surface area contributed by atoms with E-state index in [-0.39, 0.29) is 5.91 Å². The van der Waals surface area contributed by atoms with Crippen molar-refractivity contribution < 1.29 is 4.79 Å². The minimum Gasteiger partial charge on any atom is -0.352 e. The predicted molar refractivity (Wildman–Crippen MR) is 87.7 cm³/mol. The molecule has 0 spiro atoms. The summed E-state index contributed by atoms with van der Waals surface area (Å²) in [7, 11) is 0. The second-order valence-electron chi connectivity index (χ2n) is 4.48. The number of hydrogen-bond acceptors (Lipinski definition) is 2. The molecular formula is C15H12Cl2N4O. The van der Waals surface area contributed by atoms with Crippen molar-refractivity contribution in [3.63, 3.8) is 0 Å². The summed E-state index contributed by atoms with van der Waals surface area (Å²) < 4.78 is 0. The molecule has 0 heterocycles. The molecule has 0 bridgehead atoms. The number of carbonyl (C=O) groups is 1. The van der Waals surface area contributed by atoms with Gasteiger partial charge in [-0.2, -0.15) is 0 Å². The first-order valence-electron chi connectivity index (χ1n) is 6.47. The molecule has 112 valence electrons. The summed E-state index contributed by atoms with van der Waals surface area (Å²) in [6, 6.07) is 11.7. The van der Waals surface area contributed by atoms with Gasteiger partial charge in [-0.3, -0.25) is 4.79 Å². The van der Waals surface area contributed by atoms with Crippen molar-refractivity contribution in [1.82, 2.24) is 5.32 Å². The molecule has 0 saturated carbocycles. The summed E-state index contributed by atoms with van der Waals surface area (Å²) in [5, 5.41) is 7.42. The van der Waals surface area contributed by atoms with E-state index in [2.05, 4.69) is 15.3 Å². The van der Waals surface area contributed by atoms with Crippen LogP contribution in [-0.2, 0) is 6.42 Å². The molecule has 0 aliphatic rings. The maximum absolute atomic E-state index is 12.0. The molecule has 0 saturated heterocycles. The Kier molecular flexibility index (Phi) is 5.67. The van der Waals surface area contributed by atoms with Crippen LogP contribution < -0.4 is 5.32 Å². The molecule has 1 N–H and O–H groups in total. The highest BCUT2D eigenvalue weighted by Crippen LogP contribution is 2.21. The lowest BCUT2D eigenvalue weighted by molar-refractivity contribution is 0.0954. The summed E-state index contributed by atoms with van der Waals surface area (Å²) >= 11 is 11.9. The van der Waals surface area contributed by atoms with Crippen LogP contribution in [-0.4, -0.2) is 12.5 Å². The van der Waals surface area contributed by atoms with E-state index in [1.54, 1.807) is 36.4 Å². The van der Waals surface area contributed by atoms with Crippen molar-refractivity contribution in [3.05, 3.63) is 74.1 Å². The average molecular weight is 335 g/mol. The van der Waals surface area contributed by atoms with Gasteiger partial charge in [-0.25, -0.2) is 0 Å². The number of nitrogens with one attached hydrogen (secondary N) is 1. The van der Waals surface area contributed by atoms with Gasteiger partial charge in [0.2, 0.25) is 0 Å². The predicted octanol–water partition coefficient (Wildman–Crippen LogP) is 4.91. The third-order valence-corrected chi connectivity index (χ3v) is 3.57. The van der Waals surface area contributed by atoms with Crippen molar-refractivity contribution in [2.45, 2.75) is 6.42 Å². The fraction of sp³-hybridized carbons (Fsp3) is 0.133. The molecular weight excluding hydrogens is 323 g/mol. The number of rotatable bonds is 5. The van der Waals surface area contributed by atoms with E-state index in [1.807, 2.05) is 6.07 Å².